The minimum atomic E-state index is -4.73. The molecule has 1 aromatic heterocycles. The molecule has 0 aliphatic heterocycles. The van der Waals surface area contributed by atoms with Crippen LogP contribution >= 0.6 is 0 Å². The lowest BCUT2D eigenvalue weighted by molar-refractivity contribution is -0.274. The molecule has 0 N–H and O–H groups in total. The van der Waals surface area contributed by atoms with Gasteiger partial charge in [-0.3, -0.25) is 4.79 Å². The Kier molecular flexibility index (Phi) is 5.16. The number of hydrogen-bond donors (Lipinski definition) is 0. The van der Waals surface area contributed by atoms with Crippen LogP contribution in [0.5, 0.6) is 5.75 Å². The molecule has 0 fully saturated rings. The predicted molar refractivity (Wildman–Crippen MR) is 92.5 cm³/mol. The van der Waals surface area contributed by atoms with Crippen LogP contribution in [0.15, 0.2) is 67.0 Å². The first-order chi connectivity index (χ1) is 12.8. The molecule has 2 aromatic carbocycles. The van der Waals surface area contributed by atoms with Crippen LogP contribution in [0.1, 0.15) is 15.9 Å². The van der Waals surface area contributed by atoms with Crippen molar-refractivity contribution in [3.05, 3.63) is 78.1 Å². The number of para-hydroxylation sites is 1. The molecule has 8 heteroatoms. The molecule has 0 aliphatic carbocycles. The van der Waals surface area contributed by atoms with Crippen molar-refractivity contribution in [1.29, 1.82) is 0 Å². The Morgan fingerprint density at radius 1 is 1.11 bits per heavy atom. The summed E-state index contributed by atoms with van der Waals surface area (Å²) >= 11 is 0. The number of halogens is 3. The lowest BCUT2D eigenvalue weighted by atomic mass is 10.2. The van der Waals surface area contributed by atoms with Crippen LogP contribution in [-0.2, 0) is 6.54 Å². The SMILES string of the molecule is CN(Cc1ccc(OC(F)(F)F)cc1)C(=O)c1cnn(-c2ccccc2)c1. The van der Waals surface area contributed by atoms with E-state index in [-0.39, 0.29) is 18.2 Å². The standard InChI is InChI=1S/C19H16F3N3O2/c1-24(12-14-7-9-17(10-8-14)27-19(20,21)22)18(26)15-11-23-25(13-15)16-5-3-2-4-6-16/h2-11,13H,12H2,1H3. The molecule has 0 atom stereocenters. The summed E-state index contributed by atoms with van der Waals surface area (Å²) in [5, 5.41) is 4.19. The van der Waals surface area contributed by atoms with Crippen LogP contribution < -0.4 is 4.74 Å². The van der Waals surface area contributed by atoms with Crippen LogP contribution in [0.3, 0.4) is 0 Å². The fraction of sp³-hybridized carbons (Fsp3) is 0.158. The summed E-state index contributed by atoms with van der Waals surface area (Å²) in [6.07, 6.45) is -1.62. The maximum Gasteiger partial charge on any atom is 0.573 e. The normalized spacial score (nSPS) is 11.3. The van der Waals surface area contributed by atoms with E-state index >= 15 is 0 Å². The van der Waals surface area contributed by atoms with E-state index in [0.717, 1.165) is 5.69 Å². The second kappa shape index (κ2) is 7.53. The van der Waals surface area contributed by atoms with Crippen molar-refractivity contribution in [1.82, 2.24) is 14.7 Å². The van der Waals surface area contributed by atoms with Gasteiger partial charge in [0.2, 0.25) is 0 Å². The highest BCUT2D eigenvalue weighted by Crippen LogP contribution is 2.23. The first-order valence-electron chi connectivity index (χ1n) is 8.02. The van der Waals surface area contributed by atoms with E-state index in [4.69, 9.17) is 0 Å². The molecule has 1 amide bonds. The van der Waals surface area contributed by atoms with E-state index in [0.29, 0.717) is 11.1 Å². The third-order valence-corrected chi connectivity index (χ3v) is 3.77. The molecule has 3 rings (SSSR count). The number of rotatable bonds is 5. The summed E-state index contributed by atoms with van der Waals surface area (Å²) in [5.41, 5.74) is 1.92. The number of carbonyl (C=O) groups is 1. The summed E-state index contributed by atoms with van der Waals surface area (Å²) in [5.74, 6) is -0.544. The van der Waals surface area contributed by atoms with Gasteiger partial charge in [-0.15, -0.1) is 13.2 Å². The van der Waals surface area contributed by atoms with Gasteiger partial charge in [-0.05, 0) is 29.8 Å². The molecule has 5 nitrogen and oxygen atoms in total. The predicted octanol–water partition coefficient (Wildman–Crippen LogP) is 4.04. The molecule has 0 unspecified atom stereocenters. The van der Waals surface area contributed by atoms with E-state index in [1.165, 1.54) is 35.4 Å². The number of aromatic nitrogens is 2. The van der Waals surface area contributed by atoms with Gasteiger partial charge in [0.25, 0.3) is 5.91 Å². The zero-order valence-corrected chi connectivity index (χ0v) is 14.3. The number of ether oxygens (including phenoxy) is 1. The Morgan fingerprint density at radius 3 is 2.41 bits per heavy atom. The summed E-state index contributed by atoms with van der Waals surface area (Å²) in [6.45, 7) is 0.238. The van der Waals surface area contributed by atoms with Crippen molar-refractivity contribution in [2.45, 2.75) is 12.9 Å². The Morgan fingerprint density at radius 2 is 1.78 bits per heavy atom. The number of carbonyl (C=O) groups excluding carboxylic acids is 1. The van der Waals surface area contributed by atoms with E-state index in [2.05, 4.69) is 9.84 Å². The van der Waals surface area contributed by atoms with Gasteiger partial charge in [0.05, 0.1) is 17.4 Å². The molecule has 0 bridgehead atoms. The van der Waals surface area contributed by atoms with Crippen molar-refractivity contribution in [2.75, 3.05) is 7.05 Å². The lowest BCUT2D eigenvalue weighted by Crippen LogP contribution is -2.25. The maximum atomic E-state index is 12.5. The minimum Gasteiger partial charge on any atom is -0.406 e. The summed E-state index contributed by atoms with van der Waals surface area (Å²) in [4.78, 5) is 14.0. The number of amides is 1. The third kappa shape index (κ3) is 4.87. The second-order valence-corrected chi connectivity index (χ2v) is 5.86. The molecule has 140 valence electrons. The van der Waals surface area contributed by atoms with E-state index < -0.39 is 6.36 Å². The molecule has 1 heterocycles. The van der Waals surface area contributed by atoms with Crippen molar-refractivity contribution in [3.8, 4) is 11.4 Å². The van der Waals surface area contributed by atoms with Gasteiger partial charge in [0, 0.05) is 19.8 Å². The van der Waals surface area contributed by atoms with E-state index in [1.807, 2.05) is 30.3 Å². The van der Waals surface area contributed by atoms with Crippen molar-refractivity contribution < 1.29 is 22.7 Å². The molecule has 0 aliphatic rings. The number of nitrogens with zero attached hydrogens (tertiary/aromatic N) is 3. The largest absolute Gasteiger partial charge is 0.573 e. The van der Waals surface area contributed by atoms with Crippen LogP contribution in [0.4, 0.5) is 13.2 Å². The molecule has 0 saturated carbocycles. The van der Waals surface area contributed by atoms with Gasteiger partial charge in [-0.1, -0.05) is 30.3 Å². The highest BCUT2D eigenvalue weighted by Gasteiger charge is 2.31. The quantitative estimate of drug-likeness (QED) is 0.676. The Hall–Kier alpha value is -3.29. The summed E-state index contributed by atoms with van der Waals surface area (Å²) in [7, 11) is 1.61. The lowest BCUT2D eigenvalue weighted by Gasteiger charge is -2.17. The fourth-order valence-corrected chi connectivity index (χ4v) is 2.52. The number of alkyl halides is 3. The average Bonchev–Trinajstić information content (AvgIpc) is 3.12. The molecule has 0 radical (unpaired) electrons. The zero-order valence-electron chi connectivity index (χ0n) is 14.3. The first kappa shape index (κ1) is 18.5. The van der Waals surface area contributed by atoms with Gasteiger partial charge in [-0.2, -0.15) is 5.10 Å². The van der Waals surface area contributed by atoms with Gasteiger partial charge < -0.3 is 9.64 Å². The Balaban J connectivity index is 1.65. The fourth-order valence-electron chi connectivity index (χ4n) is 2.52. The van der Waals surface area contributed by atoms with Crippen molar-refractivity contribution in [3.63, 3.8) is 0 Å². The third-order valence-electron chi connectivity index (χ3n) is 3.77. The first-order valence-corrected chi connectivity index (χ1v) is 8.02. The summed E-state index contributed by atoms with van der Waals surface area (Å²) < 4.78 is 42.0. The molecule has 0 spiro atoms. The number of benzene rings is 2. The van der Waals surface area contributed by atoms with Crippen molar-refractivity contribution in [2.24, 2.45) is 0 Å². The van der Waals surface area contributed by atoms with Gasteiger partial charge >= 0.3 is 6.36 Å². The Bertz CT molecular complexity index is 906. The molecular formula is C19H16F3N3O2. The topological polar surface area (TPSA) is 47.4 Å². The summed E-state index contributed by atoms with van der Waals surface area (Å²) in [6, 6.07) is 14.8. The molecule has 3 aromatic rings. The molecule has 0 saturated heterocycles. The van der Waals surface area contributed by atoms with Gasteiger partial charge in [-0.25, -0.2) is 4.68 Å². The minimum absolute atomic E-state index is 0.238. The highest BCUT2D eigenvalue weighted by atomic mass is 19.4. The van der Waals surface area contributed by atoms with Crippen molar-refractivity contribution >= 4 is 5.91 Å². The highest BCUT2D eigenvalue weighted by molar-refractivity contribution is 5.93. The number of hydrogen-bond acceptors (Lipinski definition) is 3. The van der Waals surface area contributed by atoms with Crippen LogP contribution in [0.2, 0.25) is 0 Å². The molecule has 27 heavy (non-hydrogen) atoms. The van der Waals surface area contributed by atoms with Crippen LogP contribution in [-0.4, -0.2) is 34.0 Å². The van der Waals surface area contributed by atoms with Crippen LogP contribution in [0.25, 0.3) is 5.69 Å². The van der Waals surface area contributed by atoms with E-state index in [9.17, 15) is 18.0 Å². The monoisotopic (exact) mass is 375 g/mol. The van der Waals surface area contributed by atoms with Gasteiger partial charge in [0.1, 0.15) is 5.75 Å². The second-order valence-electron chi connectivity index (χ2n) is 5.86. The molecular weight excluding hydrogens is 359 g/mol. The zero-order chi connectivity index (χ0) is 19.4. The average molecular weight is 375 g/mol. The van der Waals surface area contributed by atoms with Crippen LogP contribution in [0, 0.1) is 0 Å². The van der Waals surface area contributed by atoms with E-state index in [1.54, 1.807) is 17.9 Å². The smallest absolute Gasteiger partial charge is 0.406 e. The van der Waals surface area contributed by atoms with Gasteiger partial charge in [0.15, 0.2) is 0 Å². The maximum absolute atomic E-state index is 12.5. The Labute approximate surface area is 153 Å².